The average Bonchev–Trinajstić information content (AvgIpc) is 3.20. The number of hydrogen-bond donors (Lipinski definition) is 1. The number of halogens is 2. The predicted octanol–water partition coefficient (Wildman–Crippen LogP) is 4.74. The number of aromatic nitrogens is 1. The third-order valence-corrected chi connectivity index (χ3v) is 5.36. The summed E-state index contributed by atoms with van der Waals surface area (Å²) >= 11 is 12.5. The number of rotatable bonds is 4. The first-order chi connectivity index (χ1) is 12.5. The summed E-state index contributed by atoms with van der Waals surface area (Å²) in [7, 11) is 1.95. The minimum atomic E-state index is -0.539. The van der Waals surface area contributed by atoms with E-state index >= 15 is 0 Å². The zero-order valence-corrected chi connectivity index (χ0v) is 15.7. The van der Waals surface area contributed by atoms with E-state index in [1.807, 2.05) is 54.4 Å². The van der Waals surface area contributed by atoms with Crippen LogP contribution in [0.15, 0.2) is 53.1 Å². The zero-order chi connectivity index (χ0) is 18.3. The fraction of sp³-hybridized carbons (Fsp3) is 0.250. The van der Waals surface area contributed by atoms with Crippen molar-refractivity contribution in [2.45, 2.75) is 25.1 Å². The van der Waals surface area contributed by atoms with Gasteiger partial charge in [-0.15, -0.1) is 0 Å². The monoisotopic (exact) mass is 388 g/mol. The molecule has 0 unspecified atom stereocenters. The first-order valence-corrected chi connectivity index (χ1v) is 9.15. The molecular weight excluding hydrogens is 371 g/mol. The molecule has 1 aromatic heterocycles. The molecule has 6 heteroatoms. The van der Waals surface area contributed by atoms with E-state index in [1.165, 1.54) is 0 Å². The summed E-state index contributed by atoms with van der Waals surface area (Å²) in [4.78, 5) is 2.04. The predicted molar refractivity (Wildman–Crippen MR) is 102 cm³/mol. The largest absolute Gasteiger partial charge is 0.391 e. The van der Waals surface area contributed by atoms with E-state index in [2.05, 4.69) is 5.16 Å². The maximum atomic E-state index is 10.6. The molecule has 26 heavy (non-hydrogen) atoms. The summed E-state index contributed by atoms with van der Waals surface area (Å²) in [6.45, 7) is 0.519. The molecule has 2 aromatic carbocycles. The summed E-state index contributed by atoms with van der Waals surface area (Å²) < 4.78 is 5.49. The minimum Gasteiger partial charge on any atom is -0.391 e. The van der Waals surface area contributed by atoms with Crippen LogP contribution in [0.3, 0.4) is 0 Å². The molecule has 1 heterocycles. The molecule has 0 saturated heterocycles. The molecule has 1 N–H and O–H groups in total. The normalized spacial score (nSPS) is 19.1. The van der Waals surface area contributed by atoms with Gasteiger partial charge in [-0.25, -0.2) is 0 Å². The van der Waals surface area contributed by atoms with Crippen LogP contribution in [0, 0.1) is 0 Å². The number of likely N-dealkylation sites (N-methyl/N-ethyl adjacent to an activating group) is 1. The topological polar surface area (TPSA) is 49.5 Å². The van der Waals surface area contributed by atoms with Gasteiger partial charge in [0, 0.05) is 28.1 Å². The molecule has 4 rings (SSSR count). The Morgan fingerprint density at radius 2 is 1.96 bits per heavy atom. The second-order valence-corrected chi connectivity index (χ2v) is 7.47. The van der Waals surface area contributed by atoms with Crippen LogP contribution in [0.2, 0.25) is 10.0 Å². The number of fused-ring (bicyclic) bond motifs is 1. The molecule has 0 saturated carbocycles. The van der Waals surface area contributed by atoms with E-state index in [-0.39, 0.29) is 6.04 Å². The van der Waals surface area contributed by atoms with Gasteiger partial charge >= 0.3 is 0 Å². The van der Waals surface area contributed by atoms with Crippen LogP contribution < -0.4 is 0 Å². The van der Waals surface area contributed by atoms with Crippen molar-refractivity contribution in [1.29, 1.82) is 0 Å². The fourth-order valence-corrected chi connectivity index (χ4v) is 4.22. The van der Waals surface area contributed by atoms with Crippen LogP contribution in [0.25, 0.3) is 11.3 Å². The summed E-state index contributed by atoms with van der Waals surface area (Å²) in [6.07, 6.45) is -0.0195. The molecule has 0 fully saturated rings. The lowest BCUT2D eigenvalue weighted by atomic mass is 10.1. The van der Waals surface area contributed by atoms with Crippen molar-refractivity contribution in [2.75, 3.05) is 7.05 Å². The molecule has 1 aliphatic rings. The third-order valence-electron chi connectivity index (χ3n) is 4.80. The standard InChI is InChI=1S/C20H18Cl2N2O2/c1-24(11-14-9-18(23-26-14)12-5-3-2-4-6-12)20-16-7-13(21)8-17(22)15(16)10-19(20)25/h2-9,19-20,25H,10-11H2,1H3/t19-,20-/m1/s1. The van der Waals surface area contributed by atoms with Crippen molar-refractivity contribution >= 4 is 23.2 Å². The summed E-state index contributed by atoms with van der Waals surface area (Å²) in [5.74, 6) is 0.736. The van der Waals surface area contributed by atoms with Gasteiger partial charge in [0.05, 0.1) is 18.7 Å². The first-order valence-electron chi connectivity index (χ1n) is 8.40. The number of hydrogen-bond acceptors (Lipinski definition) is 4. The molecule has 0 bridgehead atoms. The molecular formula is C20H18Cl2N2O2. The highest BCUT2D eigenvalue weighted by Crippen LogP contribution is 2.41. The van der Waals surface area contributed by atoms with E-state index in [1.54, 1.807) is 6.07 Å². The van der Waals surface area contributed by atoms with Crippen molar-refractivity contribution < 1.29 is 9.63 Å². The molecule has 0 spiro atoms. The SMILES string of the molecule is CN(Cc1cc(-c2ccccc2)no1)[C@@H]1c2cc(Cl)cc(Cl)c2C[C@H]1O. The molecule has 134 valence electrons. The second-order valence-electron chi connectivity index (χ2n) is 6.63. The quantitative estimate of drug-likeness (QED) is 0.701. The molecule has 2 atom stereocenters. The molecule has 0 aliphatic heterocycles. The van der Waals surface area contributed by atoms with Crippen molar-refractivity contribution in [3.8, 4) is 11.3 Å². The molecule has 0 amide bonds. The third kappa shape index (κ3) is 3.26. The van der Waals surface area contributed by atoms with Gasteiger partial charge in [0.15, 0.2) is 5.76 Å². The Balaban J connectivity index is 1.56. The Labute approximate surface area is 161 Å². The highest BCUT2D eigenvalue weighted by atomic mass is 35.5. The Morgan fingerprint density at radius 1 is 1.19 bits per heavy atom. The summed E-state index contributed by atoms with van der Waals surface area (Å²) in [5, 5.41) is 15.9. The Bertz CT molecular complexity index is 927. The van der Waals surface area contributed by atoms with Gasteiger partial charge in [0.25, 0.3) is 0 Å². The van der Waals surface area contributed by atoms with Gasteiger partial charge in [-0.2, -0.15) is 0 Å². The van der Waals surface area contributed by atoms with Gasteiger partial charge in [-0.1, -0.05) is 58.7 Å². The molecule has 1 aliphatic carbocycles. The average molecular weight is 389 g/mol. The van der Waals surface area contributed by atoms with Crippen LogP contribution in [0.1, 0.15) is 22.9 Å². The first kappa shape index (κ1) is 17.6. The van der Waals surface area contributed by atoms with E-state index in [0.29, 0.717) is 23.0 Å². The highest BCUT2D eigenvalue weighted by Gasteiger charge is 2.36. The number of aliphatic hydroxyl groups excluding tert-OH is 1. The van der Waals surface area contributed by atoms with Crippen molar-refractivity contribution in [3.63, 3.8) is 0 Å². The minimum absolute atomic E-state index is 0.188. The van der Waals surface area contributed by atoms with E-state index in [4.69, 9.17) is 27.7 Å². The lowest BCUT2D eigenvalue weighted by Gasteiger charge is -2.27. The van der Waals surface area contributed by atoms with E-state index < -0.39 is 6.10 Å². The Kier molecular flexibility index (Phi) is 4.76. The van der Waals surface area contributed by atoms with E-state index in [0.717, 1.165) is 28.1 Å². The van der Waals surface area contributed by atoms with E-state index in [9.17, 15) is 5.11 Å². The molecule has 3 aromatic rings. The van der Waals surface area contributed by atoms with Gasteiger partial charge < -0.3 is 9.63 Å². The van der Waals surface area contributed by atoms with Gasteiger partial charge in [-0.05, 0) is 30.3 Å². The summed E-state index contributed by atoms with van der Waals surface area (Å²) in [6, 6.07) is 15.2. The Hall–Kier alpha value is -1.85. The van der Waals surface area contributed by atoms with Gasteiger partial charge in [0.2, 0.25) is 0 Å². The second kappa shape index (κ2) is 7.05. The van der Waals surface area contributed by atoms with Crippen molar-refractivity contribution in [1.82, 2.24) is 10.1 Å². The van der Waals surface area contributed by atoms with Crippen LogP contribution in [-0.2, 0) is 13.0 Å². The molecule has 4 nitrogen and oxygen atoms in total. The van der Waals surface area contributed by atoms with Crippen molar-refractivity contribution in [3.05, 3.63) is 75.5 Å². The maximum Gasteiger partial charge on any atom is 0.151 e. The fourth-order valence-electron chi connectivity index (χ4n) is 3.64. The molecule has 0 radical (unpaired) electrons. The lowest BCUT2D eigenvalue weighted by Crippen LogP contribution is -2.30. The lowest BCUT2D eigenvalue weighted by molar-refractivity contribution is 0.0677. The zero-order valence-electron chi connectivity index (χ0n) is 14.2. The highest BCUT2D eigenvalue weighted by molar-refractivity contribution is 6.35. The van der Waals surface area contributed by atoms with Crippen LogP contribution >= 0.6 is 23.2 Å². The van der Waals surface area contributed by atoms with Gasteiger partial charge in [0.1, 0.15) is 5.69 Å². The van der Waals surface area contributed by atoms with Crippen molar-refractivity contribution in [2.24, 2.45) is 0 Å². The number of aliphatic hydroxyl groups is 1. The Morgan fingerprint density at radius 3 is 2.73 bits per heavy atom. The maximum absolute atomic E-state index is 10.6. The summed E-state index contributed by atoms with van der Waals surface area (Å²) in [5.41, 5.74) is 3.74. The van der Waals surface area contributed by atoms with Gasteiger partial charge in [-0.3, -0.25) is 4.90 Å². The number of benzene rings is 2. The van der Waals surface area contributed by atoms with Crippen LogP contribution in [0.5, 0.6) is 0 Å². The van der Waals surface area contributed by atoms with Crippen LogP contribution in [0.4, 0.5) is 0 Å². The number of nitrogens with zero attached hydrogens (tertiary/aromatic N) is 2. The smallest absolute Gasteiger partial charge is 0.151 e. The van der Waals surface area contributed by atoms with Crippen LogP contribution in [-0.4, -0.2) is 28.3 Å².